The molecule has 3 rings (SSSR count). The van der Waals surface area contributed by atoms with Crippen LogP contribution in [0.15, 0.2) is 47.6 Å². The fourth-order valence-electron chi connectivity index (χ4n) is 4.38. The van der Waals surface area contributed by atoms with Gasteiger partial charge in [0.1, 0.15) is 17.2 Å². The molecule has 1 saturated carbocycles. The number of rotatable bonds is 6. The lowest BCUT2D eigenvalue weighted by Gasteiger charge is -2.27. The van der Waals surface area contributed by atoms with E-state index in [-0.39, 0.29) is 24.3 Å². The number of carbonyl (C=O) groups excluding carboxylic acids is 2. The SMILES string of the molecule is CCNC(=O)C1CCC(N(C)C(=O)C2=C(F)CC(c3ccc(CC)cc3)C=C2F)C1. The minimum Gasteiger partial charge on any atom is -0.356 e. The topological polar surface area (TPSA) is 49.4 Å². The zero-order valence-electron chi connectivity index (χ0n) is 17.9. The molecule has 4 nitrogen and oxygen atoms in total. The lowest BCUT2D eigenvalue weighted by molar-refractivity contribution is -0.129. The molecule has 1 aromatic rings. The van der Waals surface area contributed by atoms with E-state index in [9.17, 15) is 18.4 Å². The second kappa shape index (κ2) is 9.54. The minimum absolute atomic E-state index is 0.0214. The monoisotopic (exact) mass is 416 g/mol. The van der Waals surface area contributed by atoms with E-state index in [4.69, 9.17) is 0 Å². The maximum Gasteiger partial charge on any atom is 0.259 e. The van der Waals surface area contributed by atoms with Crippen molar-refractivity contribution in [3.63, 3.8) is 0 Å². The van der Waals surface area contributed by atoms with Crippen molar-refractivity contribution in [1.82, 2.24) is 10.2 Å². The highest BCUT2D eigenvalue weighted by Crippen LogP contribution is 2.38. The number of aryl methyl sites for hydroxylation is 1. The number of carbonyl (C=O) groups is 2. The fourth-order valence-corrected chi connectivity index (χ4v) is 4.38. The number of nitrogens with one attached hydrogen (secondary N) is 1. The summed E-state index contributed by atoms with van der Waals surface area (Å²) < 4.78 is 29.7. The third kappa shape index (κ3) is 4.63. The maximum absolute atomic E-state index is 14.9. The molecule has 1 aromatic carbocycles. The van der Waals surface area contributed by atoms with Gasteiger partial charge < -0.3 is 10.2 Å². The fraction of sp³-hybridized carbons (Fsp3) is 0.500. The van der Waals surface area contributed by atoms with Crippen molar-refractivity contribution in [1.29, 1.82) is 0 Å². The van der Waals surface area contributed by atoms with E-state index in [0.29, 0.717) is 25.8 Å². The van der Waals surface area contributed by atoms with E-state index in [1.54, 1.807) is 7.05 Å². The van der Waals surface area contributed by atoms with E-state index in [2.05, 4.69) is 12.2 Å². The predicted molar refractivity (Wildman–Crippen MR) is 113 cm³/mol. The molecule has 0 spiro atoms. The third-order valence-electron chi connectivity index (χ3n) is 6.28. The van der Waals surface area contributed by atoms with Crippen LogP contribution in [-0.4, -0.2) is 36.3 Å². The molecule has 0 heterocycles. The van der Waals surface area contributed by atoms with Crippen LogP contribution < -0.4 is 5.32 Å². The summed E-state index contributed by atoms with van der Waals surface area (Å²) >= 11 is 0. The zero-order valence-corrected chi connectivity index (χ0v) is 17.9. The summed E-state index contributed by atoms with van der Waals surface area (Å²) in [7, 11) is 1.57. The highest BCUT2D eigenvalue weighted by molar-refractivity contribution is 5.98. The standard InChI is InChI=1S/C24H30F2N2O2/c1-4-15-6-8-16(9-7-15)18-13-20(25)22(21(26)14-18)24(30)28(3)19-11-10-17(12-19)23(29)27-5-2/h6-9,13,17-19H,4-5,10-12,14H2,1-3H3,(H,27,29). The van der Waals surface area contributed by atoms with Gasteiger partial charge in [0, 0.05) is 37.9 Å². The number of nitrogens with zero attached hydrogens (tertiary/aromatic N) is 1. The first-order valence-electron chi connectivity index (χ1n) is 10.8. The van der Waals surface area contributed by atoms with Crippen LogP contribution in [0.4, 0.5) is 8.78 Å². The Balaban J connectivity index is 1.70. The average molecular weight is 417 g/mol. The lowest BCUT2D eigenvalue weighted by atomic mass is 9.88. The number of hydrogen-bond donors (Lipinski definition) is 1. The second-order valence-electron chi connectivity index (χ2n) is 8.17. The van der Waals surface area contributed by atoms with Gasteiger partial charge >= 0.3 is 0 Å². The van der Waals surface area contributed by atoms with Gasteiger partial charge in [0.25, 0.3) is 5.91 Å². The molecule has 2 aliphatic rings. The first-order valence-corrected chi connectivity index (χ1v) is 10.8. The number of halogens is 2. The molecule has 3 unspecified atom stereocenters. The van der Waals surface area contributed by atoms with Crippen molar-refractivity contribution < 1.29 is 18.4 Å². The van der Waals surface area contributed by atoms with Gasteiger partial charge in [-0.1, -0.05) is 31.2 Å². The van der Waals surface area contributed by atoms with Gasteiger partial charge in [0.05, 0.1) is 0 Å². The van der Waals surface area contributed by atoms with Crippen LogP contribution in [0, 0.1) is 5.92 Å². The van der Waals surface area contributed by atoms with Gasteiger partial charge in [-0.25, -0.2) is 8.78 Å². The van der Waals surface area contributed by atoms with Crippen LogP contribution in [0.2, 0.25) is 0 Å². The van der Waals surface area contributed by atoms with E-state index >= 15 is 0 Å². The second-order valence-corrected chi connectivity index (χ2v) is 8.17. The van der Waals surface area contributed by atoms with Crippen LogP contribution in [0.5, 0.6) is 0 Å². The number of likely N-dealkylation sites (N-methyl/N-ethyl adjacent to an activating group) is 1. The van der Waals surface area contributed by atoms with Gasteiger partial charge in [0.2, 0.25) is 5.91 Å². The number of allylic oxidation sites excluding steroid dienone is 2. The summed E-state index contributed by atoms with van der Waals surface area (Å²) in [5, 5.41) is 2.80. The molecule has 162 valence electrons. The molecule has 2 amide bonds. The number of amides is 2. The molecule has 0 saturated heterocycles. The number of hydrogen-bond acceptors (Lipinski definition) is 2. The van der Waals surface area contributed by atoms with Gasteiger partial charge in [-0.15, -0.1) is 0 Å². The Labute approximate surface area is 177 Å². The van der Waals surface area contributed by atoms with Crippen LogP contribution in [0.25, 0.3) is 0 Å². The molecule has 30 heavy (non-hydrogen) atoms. The Morgan fingerprint density at radius 3 is 2.43 bits per heavy atom. The Bertz CT molecular complexity index is 860. The summed E-state index contributed by atoms with van der Waals surface area (Å²) in [4.78, 5) is 26.3. The first-order chi connectivity index (χ1) is 14.3. The van der Waals surface area contributed by atoms with Crippen molar-refractivity contribution >= 4 is 11.8 Å². The predicted octanol–water partition coefficient (Wildman–Crippen LogP) is 4.58. The van der Waals surface area contributed by atoms with E-state index < -0.39 is 29.1 Å². The minimum atomic E-state index is -0.807. The van der Waals surface area contributed by atoms with Gasteiger partial charge in [-0.05, 0) is 49.8 Å². The molecule has 0 bridgehead atoms. The van der Waals surface area contributed by atoms with Crippen molar-refractivity contribution in [2.75, 3.05) is 13.6 Å². The van der Waals surface area contributed by atoms with Crippen molar-refractivity contribution in [3.05, 3.63) is 58.7 Å². The molecule has 0 aliphatic heterocycles. The smallest absolute Gasteiger partial charge is 0.259 e. The van der Waals surface area contributed by atoms with Crippen LogP contribution >= 0.6 is 0 Å². The maximum atomic E-state index is 14.9. The molecular formula is C24H30F2N2O2. The molecule has 1 fully saturated rings. The molecule has 1 N–H and O–H groups in total. The normalized spacial score (nSPS) is 23.9. The highest BCUT2D eigenvalue weighted by Gasteiger charge is 2.37. The van der Waals surface area contributed by atoms with Crippen molar-refractivity contribution in [2.24, 2.45) is 5.92 Å². The summed E-state index contributed by atoms with van der Waals surface area (Å²) in [5.74, 6) is -2.78. The molecule has 3 atom stereocenters. The third-order valence-corrected chi connectivity index (χ3v) is 6.28. The summed E-state index contributed by atoms with van der Waals surface area (Å²) in [6.07, 6.45) is 4.05. The summed E-state index contributed by atoms with van der Waals surface area (Å²) in [6.45, 7) is 4.47. The average Bonchev–Trinajstić information content (AvgIpc) is 3.23. The van der Waals surface area contributed by atoms with Gasteiger partial charge in [-0.3, -0.25) is 9.59 Å². The highest BCUT2D eigenvalue weighted by atomic mass is 19.1. The van der Waals surface area contributed by atoms with Crippen LogP contribution in [-0.2, 0) is 16.0 Å². The molecule has 2 aliphatic carbocycles. The Kier molecular flexibility index (Phi) is 7.06. The van der Waals surface area contributed by atoms with E-state index in [0.717, 1.165) is 17.5 Å². The van der Waals surface area contributed by atoms with E-state index in [1.165, 1.54) is 11.0 Å². The largest absolute Gasteiger partial charge is 0.356 e. The van der Waals surface area contributed by atoms with Gasteiger partial charge in [0.15, 0.2) is 0 Å². The van der Waals surface area contributed by atoms with Gasteiger partial charge in [-0.2, -0.15) is 0 Å². The van der Waals surface area contributed by atoms with Crippen LogP contribution in [0.3, 0.4) is 0 Å². The summed E-state index contributed by atoms with van der Waals surface area (Å²) in [6, 6.07) is 7.50. The number of benzene rings is 1. The molecule has 6 heteroatoms. The van der Waals surface area contributed by atoms with Crippen molar-refractivity contribution in [2.45, 2.75) is 57.9 Å². The quantitative estimate of drug-likeness (QED) is 0.738. The van der Waals surface area contributed by atoms with Crippen LogP contribution in [0.1, 0.15) is 56.6 Å². The summed E-state index contributed by atoms with van der Waals surface area (Å²) in [5.41, 5.74) is 1.52. The Morgan fingerprint density at radius 1 is 1.13 bits per heavy atom. The Morgan fingerprint density at radius 2 is 1.83 bits per heavy atom. The van der Waals surface area contributed by atoms with Crippen molar-refractivity contribution in [3.8, 4) is 0 Å². The molecule has 0 radical (unpaired) electrons. The molecular weight excluding hydrogens is 386 g/mol. The Hall–Kier alpha value is -2.50. The zero-order chi connectivity index (χ0) is 21.8. The molecule has 0 aromatic heterocycles. The first kappa shape index (κ1) is 22.2. The van der Waals surface area contributed by atoms with E-state index in [1.807, 2.05) is 31.2 Å². The lowest BCUT2D eigenvalue weighted by Crippen LogP contribution is -2.38.